The molecule has 0 radical (unpaired) electrons. The molecule has 0 spiro atoms. The van der Waals surface area contributed by atoms with E-state index in [0.29, 0.717) is 0 Å². The molecule has 2 heteroatoms. The first-order chi connectivity index (χ1) is 30.8. The maximum Gasteiger partial charge on any atom is 0.0540 e. The number of anilines is 3. The molecule has 0 fully saturated rings. The number of nitrogens with zero attached hydrogens (tertiary/aromatic N) is 2. The molecule has 1 aliphatic rings. The van der Waals surface area contributed by atoms with Crippen LogP contribution in [0, 0.1) is 0 Å². The van der Waals surface area contributed by atoms with Crippen LogP contribution in [0.3, 0.4) is 0 Å². The fourth-order valence-corrected chi connectivity index (χ4v) is 10.1. The van der Waals surface area contributed by atoms with Gasteiger partial charge in [-0.1, -0.05) is 188 Å². The van der Waals surface area contributed by atoms with E-state index < -0.39 is 0 Å². The highest BCUT2D eigenvalue weighted by Gasteiger charge is 2.23. The van der Waals surface area contributed by atoms with Gasteiger partial charge >= 0.3 is 0 Å². The third kappa shape index (κ3) is 5.95. The average molecular weight is 791 g/mol. The maximum atomic E-state index is 2.49. The van der Waals surface area contributed by atoms with Crippen LogP contribution < -0.4 is 4.90 Å². The highest BCUT2D eigenvalue weighted by atomic mass is 15.1. The molecular formula is C60H42N2. The summed E-state index contributed by atoms with van der Waals surface area (Å²) in [5.74, 6) is 0. The summed E-state index contributed by atoms with van der Waals surface area (Å²) in [6, 6.07) is 80.3. The van der Waals surface area contributed by atoms with Crippen LogP contribution in [0.25, 0.3) is 88.4 Å². The molecule has 10 aromatic carbocycles. The first-order valence-corrected chi connectivity index (χ1v) is 21.7. The van der Waals surface area contributed by atoms with Crippen molar-refractivity contribution in [3.8, 4) is 39.1 Å². The van der Waals surface area contributed by atoms with Crippen molar-refractivity contribution in [1.82, 2.24) is 4.57 Å². The lowest BCUT2D eigenvalue weighted by atomic mass is 9.92. The second-order valence-corrected chi connectivity index (χ2v) is 16.3. The van der Waals surface area contributed by atoms with Crippen LogP contribution >= 0.6 is 0 Å². The SMILES string of the molecule is C1=Cc2c(n(-c3cccc(-c4ccccc4N(c4cccc(-c5cccc6ccccc56)c4)c4ccc(-c5cccc6ccccc56)c5ccccc45)c3)c3ccccc23)CC1. The van der Waals surface area contributed by atoms with Gasteiger partial charge in [-0.25, -0.2) is 0 Å². The average Bonchev–Trinajstić information content (AvgIpc) is 3.68. The zero-order chi connectivity index (χ0) is 41.0. The summed E-state index contributed by atoms with van der Waals surface area (Å²) in [6.45, 7) is 0. The molecule has 292 valence electrons. The van der Waals surface area contributed by atoms with E-state index >= 15 is 0 Å². The van der Waals surface area contributed by atoms with Gasteiger partial charge in [0.05, 0.1) is 16.9 Å². The number of hydrogen-bond donors (Lipinski definition) is 0. The Morgan fingerprint density at radius 3 is 1.79 bits per heavy atom. The van der Waals surface area contributed by atoms with Crippen molar-refractivity contribution >= 4 is 66.4 Å². The van der Waals surface area contributed by atoms with Gasteiger partial charge in [0, 0.05) is 39.0 Å². The van der Waals surface area contributed by atoms with Gasteiger partial charge in [-0.3, -0.25) is 0 Å². The lowest BCUT2D eigenvalue weighted by molar-refractivity contribution is 0.889. The van der Waals surface area contributed by atoms with E-state index in [1.807, 2.05) is 0 Å². The third-order valence-corrected chi connectivity index (χ3v) is 12.8. The summed E-state index contributed by atoms with van der Waals surface area (Å²) in [6.07, 6.45) is 6.70. The second kappa shape index (κ2) is 15.0. The smallest absolute Gasteiger partial charge is 0.0540 e. The van der Waals surface area contributed by atoms with Crippen molar-refractivity contribution in [3.05, 3.63) is 236 Å². The fourth-order valence-electron chi connectivity index (χ4n) is 10.1. The Morgan fingerprint density at radius 2 is 0.968 bits per heavy atom. The summed E-state index contributed by atoms with van der Waals surface area (Å²) >= 11 is 0. The predicted molar refractivity (Wildman–Crippen MR) is 264 cm³/mol. The first kappa shape index (κ1) is 36.0. The molecule has 0 N–H and O–H groups in total. The summed E-state index contributed by atoms with van der Waals surface area (Å²) < 4.78 is 2.49. The highest BCUT2D eigenvalue weighted by molar-refractivity contribution is 6.11. The summed E-state index contributed by atoms with van der Waals surface area (Å²) in [4.78, 5) is 2.49. The molecule has 0 atom stereocenters. The van der Waals surface area contributed by atoms with E-state index in [1.54, 1.807) is 0 Å². The predicted octanol–water partition coefficient (Wildman–Crippen LogP) is 16.5. The number of rotatable bonds is 7. The van der Waals surface area contributed by atoms with Crippen LogP contribution in [0.1, 0.15) is 17.7 Å². The monoisotopic (exact) mass is 790 g/mol. The Balaban J connectivity index is 1.08. The number of benzene rings is 10. The van der Waals surface area contributed by atoms with Crippen LogP contribution in [0.2, 0.25) is 0 Å². The second-order valence-electron chi connectivity index (χ2n) is 16.3. The highest BCUT2D eigenvalue weighted by Crippen LogP contribution is 2.47. The van der Waals surface area contributed by atoms with E-state index in [-0.39, 0.29) is 0 Å². The minimum atomic E-state index is 1.02. The largest absolute Gasteiger partial charge is 0.313 e. The molecule has 62 heavy (non-hydrogen) atoms. The summed E-state index contributed by atoms with van der Waals surface area (Å²) in [5.41, 5.74) is 15.7. The van der Waals surface area contributed by atoms with Gasteiger partial charge in [0.1, 0.15) is 0 Å². The Labute approximate surface area is 361 Å². The van der Waals surface area contributed by atoms with Gasteiger partial charge < -0.3 is 9.47 Å². The van der Waals surface area contributed by atoms with Gasteiger partial charge in [0.2, 0.25) is 0 Å². The number of fused-ring (bicyclic) bond motifs is 6. The van der Waals surface area contributed by atoms with Crippen molar-refractivity contribution < 1.29 is 0 Å². The van der Waals surface area contributed by atoms with Gasteiger partial charge in [-0.15, -0.1) is 0 Å². The van der Waals surface area contributed by atoms with E-state index in [4.69, 9.17) is 0 Å². The molecule has 1 aliphatic carbocycles. The Kier molecular flexibility index (Phi) is 8.67. The van der Waals surface area contributed by atoms with Crippen molar-refractivity contribution in [2.45, 2.75) is 12.8 Å². The minimum Gasteiger partial charge on any atom is -0.313 e. The van der Waals surface area contributed by atoms with Crippen molar-refractivity contribution in [3.63, 3.8) is 0 Å². The van der Waals surface area contributed by atoms with Gasteiger partial charge in [-0.05, 0) is 110 Å². The number of aromatic nitrogens is 1. The molecule has 0 saturated heterocycles. The molecule has 12 rings (SSSR count). The zero-order valence-electron chi connectivity index (χ0n) is 34.2. The molecule has 0 amide bonds. The van der Waals surface area contributed by atoms with Crippen molar-refractivity contribution in [1.29, 1.82) is 0 Å². The molecule has 1 aromatic heterocycles. The number of hydrogen-bond acceptors (Lipinski definition) is 1. The van der Waals surface area contributed by atoms with E-state index in [1.165, 1.54) is 88.0 Å². The van der Waals surface area contributed by atoms with E-state index in [9.17, 15) is 0 Å². The molecule has 2 nitrogen and oxygen atoms in total. The minimum absolute atomic E-state index is 1.02. The molecule has 0 bridgehead atoms. The van der Waals surface area contributed by atoms with Crippen LogP contribution in [-0.4, -0.2) is 4.57 Å². The van der Waals surface area contributed by atoms with Gasteiger partial charge in [0.15, 0.2) is 0 Å². The molecule has 0 aliphatic heterocycles. The molecule has 0 saturated carbocycles. The van der Waals surface area contributed by atoms with Crippen LogP contribution in [-0.2, 0) is 6.42 Å². The van der Waals surface area contributed by atoms with Gasteiger partial charge in [-0.2, -0.15) is 0 Å². The lowest BCUT2D eigenvalue weighted by Gasteiger charge is -2.30. The molecule has 1 heterocycles. The Hall–Kier alpha value is -7.94. The van der Waals surface area contributed by atoms with Crippen molar-refractivity contribution in [2.75, 3.05) is 4.90 Å². The summed E-state index contributed by atoms with van der Waals surface area (Å²) in [7, 11) is 0. The van der Waals surface area contributed by atoms with Crippen LogP contribution in [0.5, 0.6) is 0 Å². The van der Waals surface area contributed by atoms with E-state index in [2.05, 4.69) is 240 Å². The first-order valence-electron chi connectivity index (χ1n) is 21.7. The van der Waals surface area contributed by atoms with E-state index in [0.717, 1.165) is 35.5 Å². The third-order valence-electron chi connectivity index (χ3n) is 12.8. The Bertz CT molecular complexity index is 3540. The lowest BCUT2D eigenvalue weighted by Crippen LogP contribution is -2.12. The number of allylic oxidation sites excluding steroid dienone is 1. The van der Waals surface area contributed by atoms with Crippen molar-refractivity contribution in [2.24, 2.45) is 0 Å². The number of para-hydroxylation sites is 2. The maximum absolute atomic E-state index is 2.49. The fraction of sp³-hybridized carbons (Fsp3) is 0.0333. The summed E-state index contributed by atoms with van der Waals surface area (Å²) in [5, 5.41) is 8.69. The van der Waals surface area contributed by atoms with Gasteiger partial charge in [0.25, 0.3) is 0 Å². The Morgan fingerprint density at radius 1 is 0.387 bits per heavy atom. The molecule has 0 unspecified atom stereocenters. The topological polar surface area (TPSA) is 8.17 Å². The van der Waals surface area contributed by atoms with Crippen LogP contribution in [0.4, 0.5) is 17.1 Å². The zero-order valence-corrected chi connectivity index (χ0v) is 34.2. The quantitative estimate of drug-likeness (QED) is 0.156. The normalized spacial score (nSPS) is 12.3. The standard InChI is InChI=1S/C60H42N2/c1-3-25-47-41(17-1)19-15-32-49(47)43-21-13-23-45(39-43)61(60-38-37-53(52-28-5-6-29-54(52)60)51-33-16-20-42-18-2-4-26-48(42)51)57-34-10-7-27-50(57)44-22-14-24-46(40-44)62-58-35-11-8-30-55(58)56-31-9-12-36-59(56)62/h1-11,13-35,37-40H,12,36H2. The molecular weight excluding hydrogens is 749 g/mol. The van der Waals surface area contributed by atoms with Crippen LogP contribution in [0.15, 0.2) is 224 Å². The molecule has 11 aromatic rings.